The Kier molecular flexibility index (Phi) is 5.34. The van der Waals surface area contributed by atoms with E-state index in [1.807, 2.05) is 36.2 Å². The molecule has 190 valence electrons. The molecule has 0 spiro atoms. The average Bonchev–Trinajstić information content (AvgIpc) is 3.27. The quantitative estimate of drug-likeness (QED) is 0.394. The van der Waals surface area contributed by atoms with Crippen LogP contribution in [0, 0.1) is 0 Å². The number of fused-ring (bicyclic) bond motifs is 5. The number of para-hydroxylation sites is 1. The lowest BCUT2D eigenvalue weighted by molar-refractivity contribution is -0.136. The zero-order valence-corrected chi connectivity index (χ0v) is 20.3. The van der Waals surface area contributed by atoms with Crippen molar-refractivity contribution in [3.8, 4) is 0 Å². The first-order valence-electron chi connectivity index (χ1n) is 11.9. The van der Waals surface area contributed by atoms with Crippen LogP contribution in [0.4, 0.5) is 30.5 Å². The molecule has 1 aliphatic heterocycles. The van der Waals surface area contributed by atoms with Gasteiger partial charge in [0.1, 0.15) is 11.0 Å². The molecule has 0 bridgehead atoms. The van der Waals surface area contributed by atoms with Crippen LogP contribution in [0.5, 0.6) is 0 Å². The Labute approximate surface area is 209 Å². The Morgan fingerprint density at radius 1 is 0.919 bits per heavy atom. The zero-order valence-electron chi connectivity index (χ0n) is 20.3. The van der Waals surface area contributed by atoms with Crippen molar-refractivity contribution in [1.82, 2.24) is 23.8 Å². The van der Waals surface area contributed by atoms with Gasteiger partial charge in [0.15, 0.2) is 5.65 Å². The van der Waals surface area contributed by atoms with E-state index in [1.165, 1.54) is 22.9 Å². The van der Waals surface area contributed by atoms with E-state index in [0.29, 0.717) is 35.5 Å². The van der Waals surface area contributed by atoms with Gasteiger partial charge in [-0.25, -0.2) is 4.98 Å². The van der Waals surface area contributed by atoms with Gasteiger partial charge >= 0.3 is 6.18 Å². The molecule has 1 saturated heterocycles. The lowest BCUT2D eigenvalue weighted by Crippen LogP contribution is -2.44. The second-order valence-electron chi connectivity index (χ2n) is 9.33. The van der Waals surface area contributed by atoms with Crippen LogP contribution >= 0.6 is 0 Å². The normalized spacial score (nSPS) is 15.2. The van der Waals surface area contributed by atoms with E-state index in [1.54, 1.807) is 23.6 Å². The van der Waals surface area contributed by atoms with Crippen molar-refractivity contribution in [3.63, 3.8) is 0 Å². The molecule has 4 heterocycles. The molecule has 3 aromatic heterocycles. The highest BCUT2D eigenvalue weighted by Crippen LogP contribution is 2.38. The maximum absolute atomic E-state index is 14.1. The lowest BCUT2D eigenvalue weighted by Gasteiger charge is -2.34. The van der Waals surface area contributed by atoms with Gasteiger partial charge in [-0.15, -0.1) is 0 Å². The summed E-state index contributed by atoms with van der Waals surface area (Å²) in [6.07, 6.45) is -3.12. The Morgan fingerprint density at radius 3 is 2.43 bits per heavy atom. The Balaban J connectivity index is 1.46. The maximum Gasteiger partial charge on any atom is 0.418 e. The summed E-state index contributed by atoms with van der Waals surface area (Å²) < 4.78 is 45.5. The predicted molar refractivity (Wildman–Crippen MR) is 138 cm³/mol. The number of anilines is 3. The van der Waals surface area contributed by atoms with Crippen molar-refractivity contribution in [2.75, 3.05) is 43.4 Å². The minimum Gasteiger partial charge on any atom is -0.369 e. The number of aryl methyl sites for hydroxylation is 1. The van der Waals surface area contributed by atoms with Crippen molar-refractivity contribution in [3.05, 3.63) is 70.6 Å². The van der Waals surface area contributed by atoms with Gasteiger partial charge < -0.3 is 19.7 Å². The summed E-state index contributed by atoms with van der Waals surface area (Å²) in [6.45, 7) is 2.90. The standard InChI is InChI=1S/C26H24F3N7O/c1-33-9-11-35(12-10-33)17-7-8-19(18(14-17)26(27,28)29)31-25-30-15-22-23(32-25)36-20-6-4-3-5-16(20)13-21(36)24(37)34(22)2/h3-8,13-15H,9-12H2,1-2H3,(H,30,31,32). The fourth-order valence-corrected chi connectivity index (χ4v) is 4.91. The van der Waals surface area contributed by atoms with Crippen molar-refractivity contribution in [2.24, 2.45) is 7.05 Å². The van der Waals surface area contributed by atoms with Gasteiger partial charge in [0, 0.05) is 44.3 Å². The molecule has 8 nitrogen and oxygen atoms in total. The molecule has 1 fully saturated rings. The molecule has 6 rings (SSSR count). The van der Waals surface area contributed by atoms with Crippen LogP contribution in [0.2, 0.25) is 0 Å². The van der Waals surface area contributed by atoms with Crippen LogP contribution in [-0.4, -0.2) is 57.1 Å². The van der Waals surface area contributed by atoms with E-state index < -0.39 is 11.7 Å². The van der Waals surface area contributed by atoms with Crippen LogP contribution in [0.1, 0.15) is 5.56 Å². The number of rotatable bonds is 3. The van der Waals surface area contributed by atoms with E-state index in [4.69, 9.17) is 0 Å². The molecule has 0 unspecified atom stereocenters. The minimum absolute atomic E-state index is 0.00285. The number of likely N-dealkylation sites (N-methyl/N-ethyl adjacent to an activating group) is 1. The Hall–Kier alpha value is -4.12. The van der Waals surface area contributed by atoms with Crippen molar-refractivity contribution >= 4 is 44.9 Å². The van der Waals surface area contributed by atoms with E-state index in [2.05, 4.69) is 20.2 Å². The van der Waals surface area contributed by atoms with Crippen LogP contribution in [0.25, 0.3) is 27.6 Å². The van der Waals surface area contributed by atoms with E-state index in [9.17, 15) is 18.0 Å². The first-order valence-corrected chi connectivity index (χ1v) is 11.9. The summed E-state index contributed by atoms with van der Waals surface area (Å²) in [7, 11) is 3.62. The summed E-state index contributed by atoms with van der Waals surface area (Å²) in [5.41, 5.74) is 1.47. The maximum atomic E-state index is 14.1. The van der Waals surface area contributed by atoms with E-state index in [-0.39, 0.29) is 17.2 Å². The van der Waals surface area contributed by atoms with Crippen molar-refractivity contribution in [1.29, 1.82) is 0 Å². The molecule has 11 heteroatoms. The Morgan fingerprint density at radius 2 is 1.68 bits per heavy atom. The van der Waals surface area contributed by atoms with E-state index in [0.717, 1.165) is 24.0 Å². The Bertz CT molecular complexity index is 1720. The van der Waals surface area contributed by atoms with Crippen molar-refractivity contribution < 1.29 is 13.2 Å². The molecule has 1 N–H and O–H groups in total. The number of halogens is 3. The number of nitrogens with one attached hydrogen (secondary N) is 1. The van der Waals surface area contributed by atoms with Crippen LogP contribution in [-0.2, 0) is 13.2 Å². The van der Waals surface area contributed by atoms with Gasteiger partial charge in [0.2, 0.25) is 5.95 Å². The number of piperazine rings is 1. The SMILES string of the molecule is CN1CCN(c2ccc(Nc3ncc4c(n3)n3c(cc5ccccc53)c(=O)n4C)c(C(F)(F)F)c2)CC1. The van der Waals surface area contributed by atoms with Gasteiger partial charge in [-0.05, 0) is 37.4 Å². The monoisotopic (exact) mass is 507 g/mol. The summed E-state index contributed by atoms with van der Waals surface area (Å²) in [6, 6.07) is 13.6. The highest BCUT2D eigenvalue weighted by atomic mass is 19.4. The van der Waals surface area contributed by atoms with Crippen LogP contribution < -0.4 is 15.8 Å². The molecule has 0 amide bonds. The van der Waals surface area contributed by atoms with Gasteiger partial charge in [-0.2, -0.15) is 18.2 Å². The van der Waals surface area contributed by atoms with Gasteiger partial charge in [-0.3, -0.25) is 9.20 Å². The van der Waals surface area contributed by atoms with Crippen LogP contribution in [0.3, 0.4) is 0 Å². The largest absolute Gasteiger partial charge is 0.418 e. The topological polar surface area (TPSA) is 70.7 Å². The van der Waals surface area contributed by atoms with E-state index >= 15 is 0 Å². The summed E-state index contributed by atoms with van der Waals surface area (Å²) in [5.74, 6) is 0.00285. The molecule has 5 aromatic rings. The van der Waals surface area contributed by atoms with Gasteiger partial charge in [0.25, 0.3) is 5.56 Å². The number of benzene rings is 2. The third-order valence-electron chi connectivity index (χ3n) is 6.98. The minimum atomic E-state index is -4.57. The summed E-state index contributed by atoms with van der Waals surface area (Å²) in [5, 5.41) is 3.64. The molecule has 0 atom stereocenters. The summed E-state index contributed by atoms with van der Waals surface area (Å²) >= 11 is 0. The molecule has 2 aromatic carbocycles. The third-order valence-corrected chi connectivity index (χ3v) is 6.98. The average molecular weight is 508 g/mol. The van der Waals surface area contributed by atoms with Crippen LogP contribution in [0.15, 0.2) is 59.5 Å². The second-order valence-corrected chi connectivity index (χ2v) is 9.33. The first kappa shape index (κ1) is 23.3. The third kappa shape index (κ3) is 3.95. The molecule has 0 radical (unpaired) electrons. The fraction of sp³-hybridized carbons (Fsp3) is 0.269. The lowest BCUT2D eigenvalue weighted by atomic mass is 10.1. The summed E-state index contributed by atoms with van der Waals surface area (Å²) in [4.78, 5) is 25.9. The number of nitrogens with zero attached hydrogens (tertiary/aromatic N) is 6. The number of hydrogen-bond donors (Lipinski definition) is 1. The molecule has 37 heavy (non-hydrogen) atoms. The molecular weight excluding hydrogens is 483 g/mol. The number of alkyl halides is 3. The zero-order chi connectivity index (χ0) is 25.9. The molecule has 0 saturated carbocycles. The first-order chi connectivity index (χ1) is 17.7. The highest BCUT2D eigenvalue weighted by molar-refractivity contribution is 5.92. The predicted octanol–water partition coefficient (Wildman–Crippen LogP) is 4.25. The smallest absolute Gasteiger partial charge is 0.369 e. The fourth-order valence-electron chi connectivity index (χ4n) is 4.91. The van der Waals surface area contributed by atoms with Gasteiger partial charge in [-0.1, -0.05) is 18.2 Å². The van der Waals surface area contributed by atoms with Crippen molar-refractivity contribution in [2.45, 2.75) is 6.18 Å². The second kappa shape index (κ2) is 8.48. The number of aromatic nitrogens is 4. The van der Waals surface area contributed by atoms with Gasteiger partial charge in [0.05, 0.1) is 23.0 Å². The highest BCUT2D eigenvalue weighted by Gasteiger charge is 2.35. The molecule has 0 aliphatic carbocycles. The number of hydrogen-bond acceptors (Lipinski definition) is 6. The molecular formula is C26H24F3N7O. The molecule has 1 aliphatic rings.